The third kappa shape index (κ3) is 1.97. The Morgan fingerprint density at radius 1 is 1.32 bits per heavy atom. The molecule has 1 fully saturated rings. The van der Waals surface area contributed by atoms with E-state index in [2.05, 4.69) is 5.10 Å². The molecule has 1 aromatic heterocycles. The summed E-state index contributed by atoms with van der Waals surface area (Å²) < 4.78 is 1.69. The van der Waals surface area contributed by atoms with E-state index < -0.39 is 0 Å². The normalized spacial score (nSPS) is 16.5. The lowest BCUT2D eigenvalue weighted by molar-refractivity contribution is -0.122. The van der Waals surface area contributed by atoms with Crippen molar-refractivity contribution in [2.45, 2.75) is 26.2 Å². The Kier molecular flexibility index (Phi) is 2.55. The van der Waals surface area contributed by atoms with Crippen molar-refractivity contribution in [2.75, 3.05) is 0 Å². The molecule has 1 aliphatic rings. The molecule has 0 radical (unpaired) electrons. The summed E-state index contributed by atoms with van der Waals surface area (Å²) in [5.41, 5.74) is 1.08. The van der Waals surface area contributed by atoms with Gasteiger partial charge in [0.15, 0.2) is 5.78 Å². The van der Waals surface area contributed by atoms with Crippen LogP contribution in [0.5, 0.6) is 0 Å². The SMILES string of the molecule is Cn1nc(C(=O)CC(=O)C2(C)CC2)c2ccccc21. The van der Waals surface area contributed by atoms with Crippen molar-refractivity contribution in [1.82, 2.24) is 9.78 Å². The van der Waals surface area contributed by atoms with Gasteiger partial charge in [0.05, 0.1) is 11.9 Å². The number of carbonyl (C=O) groups excluding carboxylic acids is 2. The third-order valence-corrected chi connectivity index (χ3v) is 4.02. The van der Waals surface area contributed by atoms with Crippen LogP contribution >= 0.6 is 0 Å². The van der Waals surface area contributed by atoms with Gasteiger partial charge in [-0.1, -0.05) is 25.1 Å². The Labute approximate surface area is 111 Å². The third-order valence-electron chi connectivity index (χ3n) is 4.02. The van der Waals surface area contributed by atoms with E-state index in [0.29, 0.717) is 5.69 Å². The highest BCUT2D eigenvalue weighted by atomic mass is 16.2. The van der Waals surface area contributed by atoms with Crippen molar-refractivity contribution in [3.05, 3.63) is 30.0 Å². The molecule has 0 saturated heterocycles. The van der Waals surface area contributed by atoms with Gasteiger partial charge in [0, 0.05) is 17.8 Å². The van der Waals surface area contributed by atoms with Gasteiger partial charge in [0.25, 0.3) is 0 Å². The zero-order valence-electron chi connectivity index (χ0n) is 11.1. The molecule has 19 heavy (non-hydrogen) atoms. The van der Waals surface area contributed by atoms with E-state index in [1.807, 2.05) is 38.2 Å². The minimum Gasteiger partial charge on any atom is -0.299 e. The first-order valence-corrected chi connectivity index (χ1v) is 6.49. The predicted molar refractivity (Wildman–Crippen MR) is 72.0 cm³/mol. The molecule has 1 aliphatic carbocycles. The minimum atomic E-state index is -0.250. The van der Waals surface area contributed by atoms with Crippen LogP contribution in [-0.4, -0.2) is 21.3 Å². The summed E-state index contributed by atoms with van der Waals surface area (Å²) in [6.07, 6.45) is 1.78. The van der Waals surface area contributed by atoms with Crippen molar-refractivity contribution in [2.24, 2.45) is 12.5 Å². The Bertz CT molecular complexity index is 681. The van der Waals surface area contributed by atoms with Crippen LogP contribution in [0.2, 0.25) is 0 Å². The zero-order valence-corrected chi connectivity index (χ0v) is 11.1. The number of aromatic nitrogens is 2. The smallest absolute Gasteiger partial charge is 0.191 e. The number of nitrogens with zero attached hydrogens (tertiary/aromatic N) is 2. The molecular weight excluding hydrogens is 240 g/mol. The largest absolute Gasteiger partial charge is 0.299 e. The molecule has 0 unspecified atom stereocenters. The van der Waals surface area contributed by atoms with Crippen LogP contribution in [0.3, 0.4) is 0 Å². The summed E-state index contributed by atoms with van der Waals surface area (Å²) in [6, 6.07) is 7.58. The van der Waals surface area contributed by atoms with Crippen molar-refractivity contribution in [3.63, 3.8) is 0 Å². The molecule has 4 heteroatoms. The number of para-hydroxylation sites is 1. The van der Waals surface area contributed by atoms with E-state index in [-0.39, 0.29) is 23.4 Å². The van der Waals surface area contributed by atoms with Crippen molar-refractivity contribution in [3.8, 4) is 0 Å². The Morgan fingerprint density at radius 3 is 2.68 bits per heavy atom. The number of hydrogen-bond acceptors (Lipinski definition) is 3. The van der Waals surface area contributed by atoms with Crippen molar-refractivity contribution < 1.29 is 9.59 Å². The number of fused-ring (bicyclic) bond motifs is 1. The highest BCUT2D eigenvalue weighted by Crippen LogP contribution is 2.46. The molecule has 0 bridgehead atoms. The average molecular weight is 256 g/mol. The molecule has 1 aromatic carbocycles. The van der Waals surface area contributed by atoms with E-state index in [1.54, 1.807) is 4.68 Å². The topological polar surface area (TPSA) is 52.0 Å². The van der Waals surface area contributed by atoms with E-state index in [4.69, 9.17) is 0 Å². The van der Waals surface area contributed by atoms with Crippen LogP contribution in [0.1, 0.15) is 36.7 Å². The molecule has 0 amide bonds. The maximum Gasteiger partial charge on any atom is 0.191 e. The molecule has 3 rings (SSSR count). The number of hydrogen-bond donors (Lipinski definition) is 0. The molecule has 4 nitrogen and oxygen atoms in total. The molecule has 0 spiro atoms. The van der Waals surface area contributed by atoms with Gasteiger partial charge in [-0.05, 0) is 18.9 Å². The molecule has 1 heterocycles. The number of benzene rings is 1. The fourth-order valence-electron chi connectivity index (χ4n) is 2.33. The first-order valence-electron chi connectivity index (χ1n) is 6.49. The lowest BCUT2D eigenvalue weighted by Gasteiger charge is -2.04. The molecule has 1 saturated carbocycles. The van der Waals surface area contributed by atoms with E-state index in [1.165, 1.54) is 0 Å². The monoisotopic (exact) mass is 256 g/mol. The Hall–Kier alpha value is -1.97. The summed E-state index contributed by atoms with van der Waals surface area (Å²) >= 11 is 0. The fourth-order valence-corrected chi connectivity index (χ4v) is 2.33. The molecule has 0 atom stereocenters. The lowest BCUT2D eigenvalue weighted by Crippen LogP contribution is -2.17. The van der Waals surface area contributed by atoms with Gasteiger partial charge in [-0.3, -0.25) is 14.3 Å². The molecule has 2 aromatic rings. The number of carbonyl (C=O) groups is 2. The van der Waals surface area contributed by atoms with E-state index in [9.17, 15) is 9.59 Å². The highest BCUT2D eigenvalue weighted by Gasteiger charge is 2.45. The summed E-state index contributed by atoms with van der Waals surface area (Å²) in [4.78, 5) is 24.3. The van der Waals surface area contributed by atoms with Crippen LogP contribution in [-0.2, 0) is 11.8 Å². The first-order chi connectivity index (χ1) is 9.01. The second-order valence-corrected chi connectivity index (χ2v) is 5.57. The molecule has 98 valence electrons. The van der Waals surface area contributed by atoms with Crippen molar-refractivity contribution in [1.29, 1.82) is 0 Å². The minimum absolute atomic E-state index is 0.0303. The first kappa shape index (κ1) is 12.1. The maximum atomic E-state index is 12.3. The number of rotatable bonds is 4. The summed E-state index contributed by atoms with van der Waals surface area (Å²) in [5, 5.41) is 5.08. The van der Waals surface area contributed by atoms with Crippen LogP contribution in [0.15, 0.2) is 24.3 Å². The quantitative estimate of drug-likeness (QED) is 0.624. The van der Waals surface area contributed by atoms with E-state index >= 15 is 0 Å². The van der Waals surface area contributed by atoms with Crippen LogP contribution < -0.4 is 0 Å². The van der Waals surface area contributed by atoms with Gasteiger partial charge in [-0.15, -0.1) is 0 Å². The standard InChI is InChI=1S/C15H16N2O2/c1-15(7-8-15)13(19)9-12(18)14-10-5-3-4-6-11(10)17(2)16-14/h3-6H,7-9H2,1-2H3. The summed E-state index contributed by atoms with van der Waals surface area (Å²) in [6.45, 7) is 1.93. The number of aryl methyl sites for hydroxylation is 1. The second-order valence-electron chi connectivity index (χ2n) is 5.57. The second kappa shape index (κ2) is 4.02. The average Bonchev–Trinajstić information content (AvgIpc) is 3.06. The van der Waals surface area contributed by atoms with Crippen molar-refractivity contribution >= 4 is 22.5 Å². The fraction of sp³-hybridized carbons (Fsp3) is 0.400. The molecule has 0 N–H and O–H groups in total. The van der Waals surface area contributed by atoms with Gasteiger partial charge in [0.2, 0.25) is 0 Å². The van der Waals surface area contributed by atoms with Crippen LogP contribution in [0.4, 0.5) is 0 Å². The lowest BCUT2D eigenvalue weighted by atomic mass is 9.97. The van der Waals surface area contributed by atoms with Gasteiger partial charge in [-0.2, -0.15) is 5.10 Å². The van der Waals surface area contributed by atoms with Gasteiger partial charge in [-0.25, -0.2) is 0 Å². The van der Waals surface area contributed by atoms with Gasteiger partial charge < -0.3 is 0 Å². The number of ketones is 2. The Morgan fingerprint density at radius 2 is 2.00 bits per heavy atom. The summed E-state index contributed by atoms with van der Waals surface area (Å²) in [7, 11) is 1.81. The zero-order chi connectivity index (χ0) is 13.6. The van der Waals surface area contributed by atoms with Gasteiger partial charge >= 0.3 is 0 Å². The van der Waals surface area contributed by atoms with Crippen LogP contribution in [0.25, 0.3) is 10.9 Å². The van der Waals surface area contributed by atoms with Gasteiger partial charge in [0.1, 0.15) is 11.5 Å². The summed E-state index contributed by atoms with van der Waals surface area (Å²) in [5.74, 6) is -0.123. The number of Topliss-reactive ketones (excluding diaryl/α,β-unsaturated/α-hetero) is 2. The Balaban J connectivity index is 1.92. The molecule has 0 aliphatic heterocycles. The maximum absolute atomic E-state index is 12.3. The van der Waals surface area contributed by atoms with Crippen LogP contribution in [0, 0.1) is 5.41 Å². The highest BCUT2D eigenvalue weighted by molar-refractivity contribution is 6.14. The molecular formula is C15H16N2O2. The van der Waals surface area contributed by atoms with E-state index in [0.717, 1.165) is 23.7 Å². The predicted octanol–water partition coefficient (Wildman–Crippen LogP) is 2.52.